The number of sulfonamides is 1. The van der Waals surface area contributed by atoms with Gasteiger partial charge in [0.15, 0.2) is 11.5 Å². The molecule has 6 rings (SSSR count). The monoisotopic (exact) mass is 707 g/mol. The molecular formula is C39H41N5O6S. The molecule has 2 aromatic heterocycles. The van der Waals surface area contributed by atoms with E-state index in [1.54, 1.807) is 76.4 Å². The van der Waals surface area contributed by atoms with Gasteiger partial charge in [-0.05, 0) is 71.0 Å². The quantitative estimate of drug-likeness (QED) is 0.136. The van der Waals surface area contributed by atoms with E-state index in [9.17, 15) is 13.2 Å². The molecule has 1 N–H and O–H groups in total. The van der Waals surface area contributed by atoms with Crippen LogP contribution in [0.15, 0.2) is 102 Å². The lowest BCUT2D eigenvalue weighted by molar-refractivity contribution is -0.120. The minimum atomic E-state index is -3.94. The summed E-state index contributed by atoms with van der Waals surface area (Å²) in [5.41, 5.74) is 4.78. The lowest BCUT2D eigenvalue weighted by Gasteiger charge is -2.23. The van der Waals surface area contributed by atoms with Gasteiger partial charge in [-0.25, -0.2) is 18.4 Å². The Balaban J connectivity index is 1.20. The predicted octanol–water partition coefficient (Wildman–Crippen LogP) is 7.14. The van der Waals surface area contributed by atoms with E-state index in [1.165, 1.54) is 10.7 Å². The highest BCUT2D eigenvalue weighted by molar-refractivity contribution is 7.89. The summed E-state index contributed by atoms with van der Waals surface area (Å²) in [5.74, 6) is 1.76. The largest absolute Gasteiger partial charge is 0.493 e. The van der Waals surface area contributed by atoms with Crippen LogP contribution in [-0.2, 0) is 27.9 Å². The molecule has 12 heteroatoms. The van der Waals surface area contributed by atoms with E-state index >= 15 is 0 Å². The van der Waals surface area contributed by atoms with Crippen LogP contribution in [0.4, 0.5) is 5.95 Å². The van der Waals surface area contributed by atoms with Crippen molar-refractivity contribution in [1.82, 2.24) is 19.3 Å². The number of carbonyl (C=O) groups excluding carboxylic acids is 1. The van der Waals surface area contributed by atoms with Crippen LogP contribution in [0.1, 0.15) is 43.2 Å². The third-order valence-electron chi connectivity index (χ3n) is 9.08. The van der Waals surface area contributed by atoms with E-state index in [-0.39, 0.29) is 29.8 Å². The van der Waals surface area contributed by atoms with Crippen LogP contribution in [0.25, 0.3) is 22.3 Å². The van der Waals surface area contributed by atoms with Gasteiger partial charge in [0.25, 0.3) is 0 Å². The second-order valence-electron chi connectivity index (χ2n) is 12.4. The number of nitrogens with one attached hydrogen (secondary N) is 1. The van der Waals surface area contributed by atoms with Gasteiger partial charge in [0.2, 0.25) is 27.6 Å². The molecule has 0 spiro atoms. The van der Waals surface area contributed by atoms with Crippen molar-refractivity contribution in [3.63, 3.8) is 0 Å². The Labute approximate surface area is 298 Å². The van der Waals surface area contributed by atoms with Gasteiger partial charge in [-0.3, -0.25) is 15.1 Å². The molecule has 1 saturated carbocycles. The normalized spacial score (nSPS) is 13.5. The third kappa shape index (κ3) is 8.35. The van der Waals surface area contributed by atoms with Gasteiger partial charge in [0.1, 0.15) is 0 Å². The van der Waals surface area contributed by atoms with E-state index < -0.39 is 10.0 Å². The molecule has 0 aliphatic heterocycles. The molecule has 0 saturated heterocycles. The molecule has 1 aliphatic carbocycles. The highest BCUT2D eigenvalue weighted by Gasteiger charge is 2.26. The van der Waals surface area contributed by atoms with E-state index in [1.807, 2.05) is 42.5 Å². The SMILES string of the molecule is COc1cc(-c2ccc(S(=O)(=O)N(Cc3ccc(-c4cnc(NC(=O)C5CCCCC5)nc4)cc3)Cc3cccnc3)cc2)cc(OC)c1OC. The Morgan fingerprint density at radius 1 is 0.745 bits per heavy atom. The van der Waals surface area contributed by atoms with Crippen LogP contribution in [0.5, 0.6) is 17.2 Å². The van der Waals surface area contributed by atoms with Crippen molar-refractivity contribution in [2.24, 2.45) is 5.92 Å². The number of anilines is 1. The average Bonchev–Trinajstić information content (AvgIpc) is 3.18. The van der Waals surface area contributed by atoms with Gasteiger partial charge in [-0.1, -0.05) is 61.7 Å². The summed E-state index contributed by atoms with van der Waals surface area (Å²) < 4.78 is 46.2. The Morgan fingerprint density at radius 3 is 1.94 bits per heavy atom. The van der Waals surface area contributed by atoms with Gasteiger partial charge in [-0.2, -0.15) is 4.31 Å². The van der Waals surface area contributed by atoms with Crippen LogP contribution in [0.3, 0.4) is 0 Å². The van der Waals surface area contributed by atoms with Gasteiger partial charge >= 0.3 is 0 Å². The van der Waals surface area contributed by atoms with Crippen LogP contribution in [0, 0.1) is 5.92 Å². The number of nitrogens with zero attached hydrogens (tertiary/aromatic N) is 4. The van der Waals surface area contributed by atoms with Crippen molar-refractivity contribution in [1.29, 1.82) is 0 Å². The first-order valence-electron chi connectivity index (χ1n) is 16.8. The zero-order valence-corrected chi connectivity index (χ0v) is 29.7. The number of methoxy groups -OCH3 is 3. The van der Waals surface area contributed by atoms with Crippen molar-refractivity contribution in [2.75, 3.05) is 26.6 Å². The molecule has 0 unspecified atom stereocenters. The van der Waals surface area contributed by atoms with E-state index in [2.05, 4.69) is 20.3 Å². The van der Waals surface area contributed by atoms with Gasteiger partial charge in [0.05, 0.1) is 26.2 Å². The van der Waals surface area contributed by atoms with Crippen LogP contribution < -0.4 is 19.5 Å². The molecule has 11 nitrogen and oxygen atoms in total. The second kappa shape index (κ2) is 16.1. The molecule has 5 aromatic rings. The summed E-state index contributed by atoms with van der Waals surface area (Å²) in [7, 11) is 0.703. The Bertz CT molecular complexity index is 2010. The summed E-state index contributed by atoms with van der Waals surface area (Å²) >= 11 is 0. The highest BCUT2D eigenvalue weighted by atomic mass is 32.2. The summed E-state index contributed by atoms with van der Waals surface area (Å²) in [4.78, 5) is 25.7. The van der Waals surface area contributed by atoms with Crippen molar-refractivity contribution in [2.45, 2.75) is 50.1 Å². The van der Waals surface area contributed by atoms with Crippen molar-refractivity contribution >= 4 is 21.9 Å². The van der Waals surface area contributed by atoms with Gasteiger partial charge in [-0.15, -0.1) is 0 Å². The number of carbonyl (C=O) groups is 1. The lowest BCUT2D eigenvalue weighted by Crippen LogP contribution is -2.30. The lowest BCUT2D eigenvalue weighted by atomic mass is 9.89. The summed E-state index contributed by atoms with van der Waals surface area (Å²) in [6.45, 7) is 0.267. The molecule has 0 radical (unpaired) electrons. The standard InChI is InChI=1S/C39H41N5O6S/c1-48-35-20-32(21-36(49-2)37(35)50-3)29-15-17-34(18-16-29)51(46,47)44(26-28-8-7-19-40-22-28)25-27-11-13-30(14-12-27)33-23-41-39(42-24-33)43-38(45)31-9-5-4-6-10-31/h7-8,11-24,31H,4-6,9-10,25-26H2,1-3H3,(H,41,42,43,45). The minimum absolute atomic E-state index is 0.0177. The number of ether oxygens (including phenoxy) is 3. The van der Waals surface area contributed by atoms with Crippen LogP contribution in [-0.4, -0.2) is 54.9 Å². The molecule has 264 valence electrons. The molecule has 3 aromatic carbocycles. The molecular weight excluding hydrogens is 667 g/mol. The molecule has 1 amide bonds. The number of hydrogen-bond acceptors (Lipinski definition) is 9. The first-order chi connectivity index (χ1) is 24.8. The Kier molecular flexibility index (Phi) is 11.2. The zero-order valence-electron chi connectivity index (χ0n) is 28.9. The van der Waals surface area contributed by atoms with E-state index in [4.69, 9.17) is 14.2 Å². The summed E-state index contributed by atoms with van der Waals surface area (Å²) in [5, 5.41) is 2.85. The third-order valence-corrected chi connectivity index (χ3v) is 10.9. The molecule has 2 heterocycles. The number of amides is 1. The predicted molar refractivity (Wildman–Crippen MR) is 195 cm³/mol. The van der Waals surface area contributed by atoms with Gasteiger partial charge < -0.3 is 14.2 Å². The maximum Gasteiger partial charge on any atom is 0.243 e. The number of rotatable bonds is 13. The number of pyridine rings is 1. The number of aromatic nitrogens is 3. The first kappa shape index (κ1) is 35.5. The maximum atomic E-state index is 14.2. The smallest absolute Gasteiger partial charge is 0.243 e. The fourth-order valence-electron chi connectivity index (χ4n) is 6.26. The first-order valence-corrected chi connectivity index (χ1v) is 18.2. The molecule has 0 bridgehead atoms. The highest BCUT2D eigenvalue weighted by Crippen LogP contribution is 2.41. The number of hydrogen-bond donors (Lipinski definition) is 1. The topological polar surface area (TPSA) is 133 Å². The van der Waals surface area contributed by atoms with Crippen LogP contribution in [0.2, 0.25) is 0 Å². The molecule has 0 atom stereocenters. The maximum absolute atomic E-state index is 14.2. The van der Waals surface area contributed by atoms with Gasteiger partial charge in [0, 0.05) is 49.4 Å². The van der Waals surface area contributed by atoms with E-state index in [0.29, 0.717) is 23.2 Å². The van der Waals surface area contributed by atoms with Crippen molar-refractivity contribution in [3.8, 4) is 39.5 Å². The fourth-order valence-corrected chi connectivity index (χ4v) is 7.68. The Hall–Kier alpha value is -5.33. The Morgan fingerprint density at radius 2 is 1.35 bits per heavy atom. The average molecular weight is 708 g/mol. The molecule has 1 fully saturated rings. The van der Waals surface area contributed by atoms with E-state index in [0.717, 1.165) is 59.1 Å². The zero-order chi connectivity index (χ0) is 35.8. The second-order valence-corrected chi connectivity index (χ2v) is 14.3. The fraction of sp³-hybridized carbons (Fsp3) is 0.282. The molecule has 1 aliphatic rings. The number of benzene rings is 3. The summed E-state index contributed by atoms with van der Waals surface area (Å²) in [6.07, 6.45) is 11.8. The molecule has 51 heavy (non-hydrogen) atoms. The van der Waals surface area contributed by atoms with Crippen molar-refractivity contribution < 1.29 is 27.4 Å². The van der Waals surface area contributed by atoms with Crippen LogP contribution >= 0.6 is 0 Å². The minimum Gasteiger partial charge on any atom is -0.493 e. The summed E-state index contributed by atoms with van der Waals surface area (Å²) in [6, 6.07) is 21.6. The van der Waals surface area contributed by atoms with Crippen molar-refractivity contribution in [3.05, 3.63) is 109 Å².